The van der Waals surface area contributed by atoms with Crippen molar-refractivity contribution in [2.24, 2.45) is 4.99 Å². The first-order chi connectivity index (χ1) is 9.24. The normalized spacial score (nSPS) is 16.6. The van der Waals surface area contributed by atoms with E-state index in [1.54, 1.807) is 6.08 Å². The highest BCUT2D eigenvalue weighted by Gasteiger charge is 2.24. The lowest BCUT2D eigenvalue weighted by molar-refractivity contribution is -0.129. The Hall–Kier alpha value is -2.34. The van der Waals surface area contributed by atoms with Gasteiger partial charge in [-0.2, -0.15) is 0 Å². The predicted octanol–water partition coefficient (Wildman–Crippen LogP) is 2.19. The fourth-order valence-corrected chi connectivity index (χ4v) is 2.20. The Morgan fingerprint density at radius 3 is 2.74 bits per heavy atom. The van der Waals surface area contributed by atoms with Gasteiger partial charge in [0.25, 0.3) is 0 Å². The highest BCUT2D eigenvalue weighted by molar-refractivity contribution is 7.06. The van der Waals surface area contributed by atoms with Gasteiger partial charge in [0.15, 0.2) is 5.70 Å². The van der Waals surface area contributed by atoms with E-state index in [2.05, 4.69) is 14.6 Å². The van der Waals surface area contributed by atoms with Crippen molar-refractivity contribution in [2.45, 2.75) is 6.92 Å². The maximum Gasteiger partial charge on any atom is 0.363 e. The molecule has 5 nitrogen and oxygen atoms in total. The van der Waals surface area contributed by atoms with Crippen LogP contribution in [-0.4, -0.2) is 21.5 Å². The second-order valence-electron chi connectivity index (χ2n) is 3.92. The van der Waals surface area contributed by atoms with E-state index in [9.17, 15) is 4.79 Å². The van der Waals surface area contributed by atoms with Crippen LogP contribution in [0.2, 0.25) is 0 Å². The lowest BCUT2D eigenvalue weighted by Gasteiger charge is -1.97. The third-order valence-corrected chi connectivity index (χ3v) is 3.37. The minimum Gasteiger partial charge on any atom is -0.402 e. The second-order valence-corrected chi connectivity index (χ2v) is 4.71. The number of aryl methyl sites for hydroxylation is 1. The van der Waals surface area contributed by atoms with Crippen LogP contribution in [0.5, 0.6) is 0 Å². The van der Waals surface area contributed by atoms with Crippen LogP contribution in [-0.2, 0) is 9.53 Å². The number of ether oxygens (including phenoxy) is 1. The van der Waals surface area contributed by atoms with Crippen LogP contribution >= 0.6 is 11.5 Å². The van der Waals surface area contributed by atoms with E-state index in [-0.39, 0.29) is 5.70 Å². The molecule has 1 aliphatic heterocycles. The van der Waals surface area contributed by atoms with Crippen molar-refractivity contribution in [2.75, 3.05) is 0 Å². The number of esters is 1. The lowest BCUT2D eigenvalue weighted by atomic mass is 10.2. The molecule has 0 saturated carbocycles. The van der Waals surface area contributed by atoms with E-state index in [4.69, 9.17) is 4.74 Å². The van der Waals surface area contributed by atoms with Crippen molar-refractivity contribution in [1.29, 1.82) is 0 Å². The summed E-state index contributed by atoms with van der Waals surface area (Å²) < 4.78 is 8.97. The van der Waals surface area contributed by atoms with Crippen molar-refractivity contribution in [3.05, 3.63) is 52.2 Å². The summed E-state index contributed by atoms with van der Waals surface area (Å²) in [6.07, 6.45) is 1.65. The number of aliphatic imine (C=N–C) groups is 1. The molecule has 19 heavy (non-hydrogen) atoms. The van der Waals surface area contributed by atoms with Gasteiger partial charge in [-0.3, -0.25) is 0 Å². The number of carbonyl (C=O) groups excluding carboxylic acids is 1. The van der Waals surface area contributed by atoms with Gasteiger partial charge in [0.2, 0.25) is 5.90 Å². The molecule has 0 radical (unpaired) electrons. The van der Waals surface area contributed by atoms with Gasteiger partial charge in [-0.05, 0) is 36.7 Å². The third-order valence-electron chi connectivity index (χ3n) is 2.60. The molecular weight excluding hydrogens is 262 g/mol. The van der Waals surface area contributed by atoms with Gasteiger partial charge in [0, 0.05) is 5.56 Å². The molecule has 1 aromatic carbocycles. The van der Waals surface area contributed by atoms with Gasteiger partial charge >= 0.3 is 5.97 Å². The summed E-state index contributed by atoms with van der Waals surface area (Å²) >= 11 is 1.22. The van der Waals surface area contributed by atoms with Crippen molar-refractivity contribution in [1.82, 2.24) is 9.59 Å². The van der Waals surface area contributed by atoms with Crippen LogP contribution in [0.4, 0.5) is 0 Å². The molecule has 94 valence electrons. The van der Waals surface area contributed by atoms with Gasteiger partial charge in [-0.1, -0.05) is 22.7 Å². The number of hydrogen-bond acceptors (Lipinski definition) is 6. The molecule has 1 aliphatic rings. The smallest absolute Gasteiger partial charge is 0.363 e. The van der Waals surface area contributed by atoms with Crippen molar-refractivity contribution in [3.63, 3.8) is 0 Å². The van der Waals surface area contributed by atoms with Gasteiger partial charge in [0.1, 0.15) is 0 Å². The number of carbonyl (C=O) groups is 1. The molecule has 0 N–H and O–H groups in total. The van der Waals surface area contributed by atoms with Crippen LogP contribution in [0.25, 0.3) is 6.08 Å². The zero-order valence-electron chi connectivity index (χ0n) is 10.0. The van der Waals surface area contributed by atoms with E-state index in [1.807, 2.05) is 37.3 Å². The quantitative estimate of drug-likeness (QED) is 0.620. The van der Waals surface area contributed by atoms with Crippen LogP contribution in [0.1, 0.15) is 16.1 Å². The molecule has 0 aliphatic carbocycles. The molecule has 2 heterocycles. The molecule has 3 rings (SSSR count). The molecule has 1 aromatic heterocycles. The van der Waals surface area contributed by atoms with E-state index in [0.29, 0.717) is 5.90 Å². The Morgan fingerprint density at radius 1 is 1.26 bits per heavy atom. The zero-order valence-corrected chi connectivity index (χ0v) is 10.8. The highest BCUT2D eigenvalue weighted by Crippen LogP contribution is 2.21. The number of nitrogens with zero attached hydrogens (tertiary/aromatic N) is 3. The Bertz CT molecular complexity index is 689. The first-order valence-electron chi connectivity index (χ1n) is 5.61. The maximum absolute atomic E-state index is 11.8. The molecule has 0 spiro atoms. The van der Waals surface area contributed by atoms with Crippen molar-refractivity contribution < 1.29 is 9.53 Å². The largest absolute Gasteiger partial charge is 0.402 e. The summed E-state index contributed by atoms with van der Waals surface area (Å²) in [5, 5.41) is 3.88. The average molecular weight is 271 g/mol. The summed E-state index contributed by atoms with van der Waals surface area (Å²) in [5.74, 6) is -0.126. The zero-order chi connectivity index (χ0) is 13.2. The van der Waals surface area contributed by atoms with Crippen molar-refractivity contribution in [3.8, 4) is 0 Å². The summed E-state index contributed by atoms with van der Waals surface area (Å²) in [6, 6.07) is 9.31. The van der Waals surface area contributed by atoms with Crippen LogP contribution in [0.15, 0.2) is 41.0 Å². The number of aromatic nitrogens is 2. The van der Waals surface area contributed by atoms with E-state index in [0.717, 1.165) is 16.1 Å². The Morgan fingerprint density at radius 2 is 2.05 bits per heavy atom. The average Bonchev–Trinajstić information content (AvgIpc) is 2.99. The molecular formula is C13H9N3O2S. The Kier molecular flexibility index (Phi) is 2.92. The molecule has 2 aromatic rings. The molecule has 0 fully saturated rings. The van der Waals surface area contributed by atoms with E-state index < -0.39 is 5.97 Å². The fraction of sp³-hybridized carbons (Fsp3) is 0.0769. The van der Waals surface area contributed by atoms with Gasteiger partial charge in [-0.15, -0.1) is 5.10 Å². The van der Waals surface area contributed by atoms with Crippen LogP contribution < -0.4 is 0 Å². The molecule has 6 heteroatoms. The summed E-state index contributed by atoms with van der Waals surface area (Å²) in [7, 11) is 0. The monoisotopic (exact) mass is 271 g/mol. The molecule has 0 atom stereocenters. The van der Waals surface area contributed by atoms with Gasteiger partial charge in [-0.25, -0.2) is 9.79 Å². The fourth-order valence-electron chi connectivity index (χ4n) is 1.61. The topological polar surface area (TPSA) is 64.4 Å². The highest BCUT2D eigenvalue weighted by atomic mass is 32.1. The first kappa shape index (κ1) is 11.7. The minimum atomic E-state index is -0.452. The Labute approximate surface area is 113 Å². The molecule has 0 unspecified atom stereocenters. The number of hydrogen-bond donors (Lipinski definition) is 0. The van der Waals surface area contributed by atoms with Crippen LogP contribution in [0.3, 0.4) is 0 Å². The minimum absolute atomic E-state index is 0.271. The standard InChI is InChI=1S/C13H9N3O2S/c1-8-11(19-16-15-8)7-10-13(17)18-12(14-10)9-5-3-2-4-6-9/h2-7H,1H3/b10-7+. The van der Waals surface area contributed by atoms with Gasteiger partial charge in [0.05, 0.1) is 10.6 Å². The summed E-state index contributed by atoms with van der Waals surface area (Å²) in [4.78, 5) is 16.8. The molecule has 0 bridgehead atoms. The summed E-state index contributed by atoms with van der Waals surface area (Å²) in [6.45, 7) is 1.83. The Balaban J connectivity index is 1.96. The van der Waals surface area contributed by atoms with E-state index >= 15 is 0 Å². The number of benzene rings is 1. The molecule has 0 saturated heterocycles. The molecule has 0 amide bonds. The summed E-state index contributed by atoms with van der Waals surface area (Å²) in [5.41, 5.74) is 1.82. The van der Waals surface area contributed by atoms with Crippen molar-refractivity contribution >= 4 is 29.5 Å². The third kappa shape index (κ3) is 2.30. The SMILES string of the molecule is Cc1nnsc1/C=C1/N=C(c2ccccc2)OC1=O. The van der Waals surface area contributed by atoms with E-state index in [1.165, 1.54) is 11.5 Å². The lowest BCUT2D eigenvalue weighted by Crippen LogP contribution is -2.04. The second kappa shape index (κ2) is 4.74. The number of rotatable bonds is 2. The maximum atomic E-state index is 11.8. The predicted molar refractivity (Wildman–Crippen MR) is 71.7 cm³/mol. The van der Waals surface area contributed by atoms with Gasteiger partial charge < -0.3 is 4.74 Å². The first-order valence-corrected chi connectivity index (χ1v) is 6.38. The number of cyclic esters (lactones) is 1. The van der Waals surface area contributed by atoms with Crippen LogP contribution in [0, 0.1) is 6.92 Å².